The van der Waals surface area contributed by atoms with E-state index in [9.17, 15) is 5.11 Å². The Morgan fingerprint density at radius 3 is 2.86 bits per heavy atom. The van der Waals surface area contributed by atoms with Gasteiger partial charge in [-0.15, -0.1) is 0 Å². The molecule has 0 aliphatic rings. The van der Waals surface area contributed by atoms with Crippen molar-refractivity contribution in [3.8, 4) is 17.0 Å². The van der Waals surface area contributed by atoms with E-state index in [2.05, 4.69) is 26.1 Å². The molecule has 0 saturated carbocycles. The molecule has 0 amide bonds. The monoisotopic (exact) mass is 253 g/mol. The molecule has 1 heterocycles. The Morgan fingerprint density at radius 2 is 2.21 bits per heavy atom. The molecule has 0 spiro atoms. The van der Waals surface area contributed by atoms with Gasteiger partial charge in [-0.2, -0.15) is 5.10 Å². The van der Waals surface area contributed by atoms with Gasteiger partial charge in [-0.1, -0.05) is 6.07 Å². The zero-order chi connectivity index (χ0) is 10.1. The van der Waals surface area contributed by atoms with Crippen molar-refractivity contribution in [2.75, 3.05) is 5.73 Å². The number of anilines is 1. The molecule has 0 aliphatic carbocycles. The Hall–Kier alpha value is -1.49. The van der Waals surface area contributed by atoms with Crippen LogP contribution in [0.2, 0.25) is 0 Å². The number of H-pyrrole nitrogens is 1. The number of hydrogen-bond acceptors (Lipinski definition) is 3. The van der Waals surface area contributed by atoms with Crippen molar-refractivity contribution in [3.05, 3.63) is 28.7 Å². The van der Waals surface area contributed by atoms with E-state index in [1.165, 1.54) is 0 Å². The normalized spacial score (nSPS) is 10.4. The summed E-state index contributed by atoms with van der Waals surface area (Å²) < 4.78 is 0.642. The van der Waals surface area contributed by atoms with Crippen molar-refractivity contribution in [2.45, 2.75) is 0 Å². The summed E-state index contributed by atoms with van der Waals surface area (Å²) in [5.74, 6) is 0.579. The van der Waals surface area contributed by atoms with Crippen LogP contribution in [0.5, 0.6) is 5.75 Å². The summed E-state index contributed by atoms with van der Waals surface area (Å²) in [6.07, 6.45) is 0. The molecule has 0 fully saturated rings. The van der Waals surface area contributed by atoms with Gasteiger partial charge >= 0.3 is 0 Å². The van der Waals surface area contributed by atoms with E-state index in [1.807, 2.05) is 6.07 Å². The Morgan fingerprint density at radius 1 is 1.43 bits per heavy atom. The van der Waals surface area contributed by atoms with Crippen LogP contribution >= 0.6 is 15.9 Å². The SMILES string of the molecule is Nc1cc(-c2cccc(Br)c2O)[nH]n1. The Kier molecular flexibility index (Phi) is 2.17. The minimum Gasteiger partial charge on any atom is -0.506 e. The third-order valence-corrected chi connectivity index (χ3v) is 2.51. The van der Waals surface area contributed by atoms with Crippen LogP contribution < -0.4 is 5.73 Å². The molecule has 2 aromatic rings. The fraction of sp³-hybridized carbons (Fsp3) is 0. The van der Waals surface area contributed by atoms with Crippen molar-refractivity contribution >= 4 is 21.7 Å². The van der Waals surface area contributed by atoms with Gasteiger partial charge in [-0.25, -0.2) is 0 Å². The summed E-state index contributed by atoms with van der Waals surface area (Å²) in [5, 5.41) is 16.2. The highest BCUT2D eigenvalue weighted by molar-refractivity contribution is 9.10. The zero-order valence-corrected chi connectivity index (χ0v) is 8.75. The summed E-state index contributed by atoms with van der Waals surface area (Å²) in [6.45, 7) is 0. The van der Waals surface area contributed by atoms with E-state index in [4.69, 9.17) is 5.73 Å². The minimum absolute atomic E-state index is 0.177. The number of benzene rings is 1. The number of aromatic amines is 1. The second kappa shape index (κ2) is 3.34. The lowest BCUT2D eigenvalue weighted by atomic mass is 10.1. The molecule has 72 valence electrons. The summed E-state index contributed by atoms with van der Waals surface area (Å²) >= 11 is 3.23. The second-order valence-electron chi connectivity index (χ2n) is 2.84. The predicted molar refractivity (Wildman–Crippen MR) is 57.8 cm³/mol. The maximum atomic E-state index is 9.72. The molecular formula is C9H8BrN3O. The summed E-state index contributed by atoms with van der Waals surface area (Å²) in [7, 11) is 0. The highest BCUT2D eigenvalue weighted by Gasteiger charge is 2.08. The van der Waals surface area contributed by atoms with Gasteiger partial charge in [0, 0.05) is 11.6 Å². The lowest BCUT2D eigenvalue weighted by Gasteiger charge is -2.02. The molecule has 0 atom stereocenters. The standard InChI is InChI=1S/C9H8BrN3O/c10-6-3-1-2-5(9(6)14)7-4-8(11)13-12-7/h1-4,14H,(H3,11,12,13). The number of phenolic OH excluding ortho intramolecular Hbond substituents is 1. The fourth-order valence-electron chi connectivity index (χ4n) is 1.21. The third-order valence-electron chi connectivity index (χ3n) is 1.87. The number of nitrogens with one attached hydrogen (secondary N) is 1. The van der Waals surface area contributed by atoms with Crippen LogP contribution in [-0.4, -0.2) is 15.3 Å². The van der Waals surface area contributed by atoms with Gasteiger partial charge in [0.25, 0.3) is 0 Å². The van der Waals surface area contributed by atoms with Gasteiger partial charge in [-0.05, 0) is 28.1 Å². The number of rotatable bonds is 1. The quantitative estimate of drug-likeness (QED) is 0.729. The maximum Gasteiger partial charge on any atom is 0.145 e. The van der Waals surface area contributed by atoms with Crippen LogP contribution in [0.25, 0.3) is 11.3 Å². The van der Waals surface area contributed by atoms with Gasteiger partial charge in [0.1, 0.15) is 11.6 Å². The van der Waals surface area contributed by atoms with E-state index in [0.717, 1.165) is 0 Å². The van der Waals surface area contributed by atoms with E-state index in [-0.39, 0.29) is 5.75 Å². The van der Waals surface area contributed by atoms with Crippen LogP contribution in [-0.2, 0) is 0 Å². The number of nitrogens with zero attached hydrogens (tertiary/aromatic N) is 1. The lowest BCUT2D eigenvalue weighted by molar-refractivity contribution is 0.474. The highest BCUT2D eigenvalue weighted by atomic mass is 79.9. The predicted octanol–water partition coefficient (Wildman–Crippen LogP) is 2.13. The van der Waals surface area contributed by atoms with Gasteiger partial charge in [0.05, 0.1) is 10.2 Å². The third kappa shape index (κ3) is 1.46. The summed E-state index contributed by atoms with van der Waals surface area (Å²) in [6, 6.07) is 7.04. The zero-order valence-electron chi connectivity index (χ0n) is 7.16. The molecule has 0 bridgehead atoms. The number of aromatic nitrogens is 2. The van der Waals surface area contributed by atoms with Crippen molar-refractivity contribution in [2.24, 2.45) is 0 Å². The van der Waals surface area contributed by atoms with Gasteiger partial charge < -0.3 is 10.8 Å². The number of hydrogen-bond donors (Lipinski definition) is 3. The van der Waals surface area contributed by atoms with Gasteiger partial charge in [0.2, 0.25) is 0 Å². The fourth-order valence-corrected chi connectivity index (χ4v) is 1.57. The first-order valence-corrected chi connectivity index (χ1v) is 4.76. The van der Waals surface area contributed by atoms with Crippen LogP contribution in [0.3, 0.4) is 0 Å². The number of nitrogen functional groups attached to an aromatic ring is 1. The average Bonchev–Trinajstić information content (AvgIpc) is 2.57. The van der Waals surface area contributed by atoms with E-state index >= 15 is 0 Å². The minimum atomic E-state index is 0.177. The van der Waals surface area contributed by atoms with Crippen molar-refractivity contribution < 1.29 is 5.11 Å². The van der Waals surface area contributed by atoms with E-state index < -0.39 is 0 Å². The topological polar surface area (TPSA) is 74.9 Å². The van der Waals surface area contributed by atoms with Crippen LogP contribution in [0, 0.1) is 0 Å². The Bertz CT molecular complexity index is 467. The molecule has 4 N–H and O–H groups in total. The molecule has 0 unspecified atom stereocenters. The van der Waals surface area contributed by atoms with Crippen LogP contribution in [0.15, 0.2) is 28.7 Å². The number of nitrogens with two attached hydrogens (primary N) is 1. The molecular weight excluding hydrogens is 246 g/mol. The van der Waals surface area contributed by atoms with Crippen molar-refractivity contribution in [1.82, 2.24) is 10.2 Å². The largest absolute Gasteiger partial charge is 0.506 e. The molecule has 5 heteroatoms. The van der Waals surface area contributed by atoms with Crippen molar-refractivity contribution in [3.63, 3.8) is 0 Å². The second-order valence-corrected chi connectivity index (χ2v) is 3.70. The van der Waals surface area contributed by atoms with Crippen LogP contribution in [0.4, 0.5) is 5.82 Å². The first-order chi connectivity index (χ1) is 6.68. The number of halogens is 1. The molecule has 4 nitrogen and oxygen atoms in total. The Labute approximate surface area is 88.9 Å². The maximum absolute atomic E-state index is 9.72. The van der Waals surface area contributed by atoms with Gasteiger partial charge in [-0.3, -0.25) is 5.10 Å². The van der Waals surface area contributed by atoms with E-state index in [0.29, 0.717) is 21.5 Å². The number of para-hydroxylation sites is 1. The van der Waals surface area contributed by atoms with Crippen molar-refractivity contribution in [1.29, 1.82) is 0 Å². The summed E-state index contributed by atoms with van der Waals surface area (Å²) in [4.78, 5) is 0. The molecule has 0 saturated heterocycles. The summed E-state index contributed by atoms with van der Waals surface area (Å²) in [5.41, 5.74) is 6.83. The number of phenols is 1. The molecule has 1 aromatic carbocycles. The average molecular weight is 254 g/mol. The number of aromatic hydroxyl groups is 1. The molecule has 0 aliphatic heterocycles. The van der Waals surface area contributed by atoms with E-state index in [1.54, 1.807) is 18.2 Å². The smallest absolute Gasteiger partial charge is 0.145 e. The van der Waals surface area contributed by atoms with Gasteiger partial charge in [0.15, 0.2) is 0 Å². The highest BCUT2D eigenvalue weighted by Crippen LogP contribution is 2.34. The van der Waals surface area contributed by atoms with Crippen LogP contribution in [0.1, 0.15) is 0 Å². The lowest BCUT2D eigenvalue weighted by Crippen LogP contribution is -1.81. The molecule has 2 rings (SSSR count). The first kappa shape index (κ1) is 9.08. The first-order valence-electron chi connectivity index (χ1n) is 3.97. The molecule has 1 aromatic heterocycles. The molecule has 14 heavy (non-hydrogen) atoms. The molecule has 0 radical (unpaired) electrons. The Balaban J connectivity index is 2.57.